The molecule has 1 atom stereocenters. The lowest BCUT2D eigenvalue weighted by Gasteiger charge is -2.17. The van der Waals surface area contributed by atoms with Gasteiger partial charge in [-0.2, -0.15) is 0 Å². The second kappa shape index (κ2) is 8.09. The Morgan fingerprint density at radius 1 is 1.24 bits per heavy atom. The number of phenolic OH excluding ortho intramolecular Hbond substituents is 1. The maximum atomic E-state index is 9.25. The predicted molar refractivity (Wildman–Crippen MR) is 70.3 cm³/mol. The smallest absolute Gasteiger partial charge is 0.115 e. The van der Waals surface area contributed by atoms with Crippen molar-refractivity contribution < 1.29 is 9.84 Å². The largest absolute Gasteiger partial charge is 0.508 e. The van der Waals surface area contributed by atoms with Crippen molar-refractivity contribution in [1.82, 2.24) is 5.32 Å². The number of rotatable bonds is 8. The standard InChI is InChI=1S/C14H23NO2/c1-3-14(15-10-4-5-11-17-2)12-6-8-13(16)9-7-12/h6-9,14-16H,3-5,10-11H2,1-2H3. The molecule has 0 saturated heterocycles. The maximum absolute atomic E-state index is 9.25. The van der Waals surface area contributed by atoms with Gasteiger partial charge in [0.15, 0.2) is 0 Å². The number of nitrogens with one attached hydrogen (secondary N) is 1. The Morgan fingerprint density at radius 2 is 1.94 bits per heavy atom. The van der Waals surface area contributed by atoms with Gasteiger partial charge in [0.25, 0.3) is 0 Å². The maximum Gasteiger partial charge on any atom is 0.115 e. The Hall–Kier alpha value is -1.06. The van der Waals surface area contributed by atoms with Gasteiger partial charge in [0.1, 0.15) is 5.75 Å². The van der Waals surface area contributed by atoms with Gasteiger partial charge in [-0.3, -0.25) is 0 Å². The minimum absolute atomic E-state index is 0.323. The molecule has 0 amide bonds. The van der Waals surface area contributed by atoms with Gasteiger partial charge in [-0.25, -0.2) is 0 Å². The van der Waals surface area contributed by atoms with E-state index in [1.54, 1.807) is 19.2 Å². The molecule has 0 aliphatic rings. The molecule has 2 N–H and O–H groups in total. The summed E-state index contributed by atoms with van der Waals surface area (Å²) < 4.78 is 5.02. The third-order valence-electron chi connectivity index (χ3n) is 2.87. The van der Waals surface area contributed by atoms with Crippen molar-refractivity contribution in [2.45, 2.75) is 32.2 Å². The zero-order valence-corrected chi connectivity index (χ0v) is 10.8. The van der Waals surface area contributed by atoms with Crippen molar-refractivity contribution in [1.29, 1.82) is 0 Å². The summed E-state index contributed by atoms with van der Waals surface area (Å²) in [5.41, 5.74) is 1.23. The predicted octanol–water partition coefficient (Wildman–Crippen LogP) is 2.86. The van der Waals surface area contributed by atoms with E-state index in [-0.39, 0.29) is 0 Å². The van der Waals surface area contributed by atoms with Crippen LogP contribution in [-0.4, -0.2) is 25.4 Å². The van der Waals surface area contributed by atoms with Crippen LogP contribution < -0.4 is 5.32 Å². The topological polar surface area (TPSA) is 41.5 Å². The van der Waals surface area contributed by atoms with E-state index in [4.69, 9.17) is 4.74 Å². The summed E-state index contributed by atoms with van der Waals surface area (Å²) in [6.07, 6.45) is 3.27. The zero-order valence-electron chi connectivity index (χ0n) is 10.8. The number of unbranched alkanes of at least 4 members (excludes halogenated alkanes) is 1. The molecule has 17 heavy (non-hydrogen) atoms. The third kappa shape index (κ3) is 5.20. The summed E-state index contributed by atoms with van der Waals surface area (Å²) in [6, 6.07) is 7.81. The van der Waals surface area contributed by atoms with Gasteiger partial charge in [-0.15, -0.1) is 0 Å². The number of hydrogen-bond donors (Lipinski definition) is 2. The summed E-state index contributed by atoms with van der Waals surface area (Å²) in [5, 5.41) is 12.8. The Labute approximate surface area is 104 Å². The second-order valence-corrected chi connectivity index (χ2v) is 4.21. The fraction of sp³-hybridized carbons (Fsp3) is 0.571. The minimum atomic E-state index is 0.323. The Bertz CT molecular complexity index is 298. The number of aromatic hydroxyl groups is 1. The van der Waals surface area contributed by atoms with Crippen molar-refractivity contribution in [2.24, 2.45) is 0 Å². The van der Waals surface area contributed by atoms with Crippen molar-refractivity contribution in [3.63, 3.8) is 0 Å². The van der Waals surface area contributed by atoms with Crippen molar-refractivity contribution in [3.8, 4) is 5.75 Å². The molecule has 1 rings (SSSR count). The molecule has 0 aliphatic heterocycles. The lowest BCUT2D eigenvalue weighted by Crippen LogP contribution is -2.22. The first-order chi connectivity index (χ1) is 8.27. The molecule has 1 aromatic rings. The lowest BCUT2D eigenvalue weighted by molar-refractivity contribution is 0.192. The first-order valence-corrected chi connectivity index (χ1v) is 6.29. The summed E-state index contributed by atoms with van der Waals surface area (Å²) in [4.78, 5) is 0. The molecule has 0 fully saturated rings. The molecular formula is C14H23NO2. The average molecular weight is 237 g/mol. The summed E-state index contributed by atoms with van der Waals surface area (Å²) in [7, 11) is 1.73. The van der Waals surface area contributed by atoms with Crippen LogP contribution in [0.2, 0.25) is 0 Å². The third-order valence-corrected chi connectivity index (χ3v) is 2.87. The van der Waals surface area contributed by atoms with E-state index in [2.05, 4.69) is 12.2 Å². The number of methoxy groups -OCH3 is 1. The van der Waals surface area contributed by atoms with Crippen LogP contribution in [0.25, 0.3) is 0 Å². The molecule has 0 heterocycles. The van der Waals surface area contributed by atoms with Crippen LogP contribution >= 0.6 is 0 Å². The molecule has 0 radical (unpaired) electrons. The molecule has 3 heteroatoms. The second-order valence-electron chi connectivity index (χ2n) is 4.21. The van der Waals surface area contributed by atoms with E-state index in [0.717, 1.165) is 32.4 Å². The van der Waals surface area contributed by atoms with Crippen LogP contribution in [0.3, 0.4) is 0 Å². The van der Waals surface area contributed by atoms with Gasteiger partial charge in [-0.05, 0) is 43.5 Å². The van der Waals surface area contributed by atoms with E-state index in [9.17, 15) is 5.11 Å². The van der Waals surface area contributed by atoms with Gasteiger partial charge in [0.05, 0.1) is 0 Å². The molecule has 0 bridgehead atoms. The molecule has 1 unspecified atom stereocenters. The normalized spacial score (nSPS) is 12.6. The molecule has 0 spiro atoms. The summed E-state index contributed by atoms with van der Waals surface area (Å²) in [5.74, 6) is 0.323. The molecular weight excluding hydrogens is 214 g/mol. The molecule has 3 nitrogen and oxygen atoms in total. The number of ether oxygens (including phenoxy) is 1. The van der Waals surface area contributed by atoms with E-state index >= 15 is 0 Å². The molecule has 0 aliphatic carbocycles. The summed E-state index contributed by atoms with van der Waals surface area (Å²) >= 11 is 0. The van der Waals surface area contributed by atoms with Gasteiger partial charge in [-0.1, -0.05) is 19.1 Å². The molecule has 0 aromatic heterocycles. The summed E-state index contributed by atoms with van der Waals surface area (Å²) in [6.45, 7) is 4.00. The molecule has 0 saturated carbocycles. The van der Waals surface area contributed by atoms with Crippen molar-refractivity contribution >= 4 is 0 Å². The Kier molecular flexibility index (Phi) is 6.67. The van der Waals surface area contributed by atoms with E-state index in [1.165, 1.54) is 5.56 Å². The highest BCUT2D eigenvalue weighted by Gasteiger charge is 2.07. The Balaban J connectivity index is 2.35. The Morgan fingerprint density at radius 3 is 2.53 bits per heavy atom. The number of phenols is 1. The van der Waals surface area contributed by atoms with Crippen molar-refractivity contribution in [2.75, 3.05) is 20.3 Å². The molecule has 1 aromatic carbocycles. The number of hydrogen-bond acceptors (Lipinski definition) is 3. The van der Waals surface area contributed by atoms with Crippen LogP contribution in [0.4, 0.5) is 0 Å². The fourth-order valence-corrected chi connectivity index (χ4v) is 1.85. The van der Waals surface area contributed by atoms with Gasteiger partial charge in [0.2, 0.25) is 0 Å². The quantitative estimate of drug-likeness (QED) is 0.683. The van der Waals surface area contributed by atoms with Crippen LogP contribution in [-0.2, 0) is 4.74 Å². The molecule has 96 valence electrons. The minimum Gasteiger partial charge on any atom is -0.508 e. The van der Waals surface area contributed by atoms with Gasteiger partial charge < -0.3 is 15.2 Å². The van der Waals surface area contributed by atoms with Crippen LogP contribution in [0.5, 0.6) is 5.75 Å². The first kappa shape index (κ1) is 14.0. The zero-order chi connectivity index (χ0) is 12.5. The van der Waals surface area contributed by atoms with Crippen LogP contribution in [0.1, 0.15) is 37.8 Å². The SMILES string of the molecule is CCC(NCCCCOC)c1ccc(O)cc1. The van der Waals surface area contributed by atoms with Gasteiger partial charge in [0, 0.05) is 19.8 Å². The van der Waals surface area contributed by atoms with Crippen molar-refractivity contribution in [3.05, 3.63) is 29.8 Å². The highest BCUT2D eigenvalue weighted by molar-refractivity contribution is 5.27. The highest BCUT2D eigenvalue weighted by Crippen LogP contribution is 2.19. The average Bonchev–Trinajstić information content (AvgIpc) is 2.35. The number of benzene rings is 1. The lowest BCUT2D eigenvalue weighted by atomic mass is 10.0. The fourth-order valence-electron chi connectivity index (χ4n) is 1.85. The van der Waals surface area contributed by atoms with Crippen LogP contribution in [0.15, 0.2) is 24.3 Å². The van der Waals surface area contributed by atoms with E-state index < -0.39 is 0 Å². The highest BCUT2D eigenvalue weighted by atomic mass is 16.5. The van der Waals surface area contributed by atoms with Crippen LogP contribution in [0, 0.1) is 0 Å². The first-order valence-electron chi connectivity index (χ1n) is 6.29. The van der Waals surface area contributed by atoms with E-state index in [0.29, 0.717) is 11.8 Å². The van der Waals surface area contributed by atoms with Gasteiger partial charge >= 0.3 is 0 Å². The monoisotopic (exact) mass is 237 g/mol. The van der Waals surface area contributed by atoms with E-state index in [1.807, 2.05) is 12.1 Å².